The number of rotatable bonds is 9. The highest BCUT2D eigenvalue weighted by Crippen LogP contribution is 2.34. The molecule has 1 aliphatic heterocycles. The van der Waals surface area contributed by atoms with Crippen LogP contribution in [-0.4, -0.2) is 41.3 Å². The number of carbonyl (C=O) groups is 2. The van der Waals surface area contributed by atoms with Crippen molar-refractivity contribution in [3.8, 4) is 5.75 Å². The van der Waals surface area contributed by atoms with Gasteiger partial charge in [-0.15, -0.1) is 11.3 Å². The van der Waals surface area contributed by atoms with Crippen LogP contribution in [0.15, 0.2) is 58.5 Å². The van der Waals surface area contributed by atoms with Crippen molar-refractivity contribution in [2.24, 2.45) is 5.92 Å². The van der Waals surface area contributed by atoms with Crippen molar-refractivity contribution in [2.75, 3.05) is 19.7 Å². The van der Waals surface area contributed by atoms with E-state index in [9.17, 15) is 9.59 Å². The van der Waals surface area contributed by atoms with Crippen LogP contribution in [0.25, 0.3) is 0 Å². The van der Waals surface area contributed by atoms with Gasteiger partial charge in [0, 0.05) is 17.3 Å². The molecule has 0 N–H and O–H groups in total. The van der Waals surface area contributed by atoms with Gasteiger partial charge in [-0.05, 0) is 72.0 Å². The third-order valence-corrected chi connectivity index (χ3v) is 8.64. The van der Waals surface area contributed by atoms with E-state index in [2.05, 4.69) is 37.4 Å². The lowest BCUT2D eigenvalue weighted by molar-refractivity contribution is -0.145. The molecule has 1 aromatic carbocycles. The summed E-state index contributed by atoms with van der Waals surface area (Å²) in [5.74, 6) is 1.98. The number of furan rings is 1. The largest absolute Gasteiger partial charge is 0.491 e. The molecule has 5 rings (SSSR count). The van der Waals surface area contributed by atoms with Gasteiger partial charge < -0.3 is 19.0 Å². The highest BCUT2D eigenvalue weighted by atomic mass is 32.1. The molecule has 0 bridgehead atoms. The van der Waals surface area contributed by atoms with Crippen LogP contribution < -0.4 is 4.74 Å². The van der Waals surface area contributed by atoms with Crippen molar-refractivity contribution < 1.29 is 18.7 Å². The molecule has 3 heterocycles. The molecule has 1 atom stereocenters. The number of benzene rings is 1. The zero-order valence-electron chi connectivity index (χ0n) is 21.7. The summed E-state index contributed by atoms with van der Waals surface area (Å²) in [6.07, 6.45) is 6.38. The first-order valence-electron chi connectivity index (χ1n) is 13.4. The van der Waals surface area contributed by atoms with E-state index in [1.54, 1.807) is 22.5 Å². The maximum Gasteiger partial charge on any atom is 0.242 e. The Labute approximate surface area is 223 Å². The van der Waals surface area contributed by atoms with Crippen LogP contribution in [0.2, 0.25) is 0 Å². The molecule has 37 heavy (non-hydrogen) atoms. The topological polar surface area (TPSA) is 63.0 Å². The van der Waals surface area contributed by atoms with Crippen molar-refractivity contribution in [1.82, 2.24) is 9.80 Å². The number of thiophene rings is 1. The summed E-state index contributed by atoms with van der Waals surface area (Å²) in [5.41, 5.74) is 2.42. The van der Waals surface area contributed by atoms with Crippen molar-refractivity contribution in [3.63, 3.8) is 0 Å². The van der Waals surface area contributed by atoms with Gasteiger partial charge in [-0.25, -0.2) is 0 Å². The first kappa shape index (κ1) is 25.6. The minimum Gasteiger partial charge on any atom is -0.491 e. The number of ether oxygens (including phenoxy) is 1. The Morgan fingerprint density at radius 1 is 1.14 bits per heavy atom. The van der Waals surface area contributed by atoms with E-state index in [0.29, 0.717) is 31.4 Å². The van der Waals surface area contributed by atoms with Crippen LogP contribution in [0.1, 0.15) is 73.3 Å². The second-order valence-electron chi connectivity index (χ2n) is 10.4. The summed E-state index contributed by atoms with van der Waals surface area (Å²) < 4.78 is 11.8. The normalized spacial score (nSPS) is 17.7. The molecule has 2 amide bonds. The summed E-state index contributed by atoms with van der Waals surface area (Å²) >= 11 is 1.74. The molecule has 6 nitrogen and oxygen atoms in total. The Bertz CT molecular complexity index is 1180. The second-order valence-corrected chi connectivity index (χ2v) is 11.4. The van der Waals surface area contributed by atoms with Crippen LogP contribution in [0.5, 0.6) is 5.75 Å². The van der Waals surface area contributed by atoms with Gasteiger partial charge in [0.15, 0.2) is 0 Å². The first-order valence-corrected chi connectivity index (χ1v) is 14.3. The molecule has 2 aromatic heterocycles. The Morgan fingerprint density at radius 2 is 1.92 bits per heavy atom. The average Bonchev–Trinajstić information content (AvgIpc) is 3.69. The fourth-order valence-corrected chi connectivity index (χ4v) is 6.41. The Hall–Kier alpha value is -3.06. The predicted molar refractivity (Wildman–Crippen MR) is 145 cm³/mol. The Morgan fingerprint density at radius 3 is 2.62 bits per heavy atom. The lowest BCUT2D eigenvalue weighted by Gasteiger charge is -2.37. The van der Waals surface area contributed by atoms with Crippen LogP contribution >= 0.6 is 11.3 Å². The maximum absolute atomic E-state index is 13.8. The smallest absolute Gasteiger partial charge is 0.242 e. The van der Waals surface area contributed by atoms with E-state index < -0.39 is 0 Å². The molecule has 1 fully saturated rings. The summed E-state index contributed by atoms with van der Waals surface area (Å²) in [4.78, 5) is 32.1. The number of carbonyl (C=O) groups excluding carboxylic acids is 2. The van der Waals surface area contributed by atoms with E-state index in [4.69, 9.17) is 9.15 Å². The maximum atomic E-state index is 13.8. The number of fused-ring (bicyclic) bond motifs is 1. The number of nitrogens with zero attached hydrogens (tertiary/aromatic N) is 2. The summed E-state index contributed by atoms with van der Waals surface area (Å²) in [5, 5.41) is 2.09. The average molecular weight is 521 g/mol. The van der Waals surface area contributed by atoms with Crippen molar-refractivity contribution >= 4 is 23.2 Å². The minimum atomic E-state index is -0.181. The highest BCUT2D eigenvalue weighted by Gasteiger charge is 2.35. The third-order valence-electron chi connectivity index (χ3n) is 7.64. The molecule has 7 heteroatoms. The van der Waals surface area contributed by atoms with Gasteiger partial charge in [0.05, 0.1) is 18.8 Å². The fourth-order valence-electron chi connectivity index (χ4n) is 5.49. The third kappa shape index (κ3) is 5.93. The summed E-state index contributed by atoms with van der Waals surface area (Å²) in [7, 11) is 0. The monoisotopic (exact) mass is 520 g/mol. The van der Waals surface area contributed by atoms with E-state index in [1.165, 1.54) is 10.4 Å². The minimum absolute atomic E-state index is 0.000496. The Kier molecular flexibility index (Phi) is 7.99. The molecule has 2 aliphatic rings. The van der Waals surface area contributed by atoms with Crippen LogP contribution in [0.4, 0.5) is 0 Å². The summed E-state index contributed by atoms with van der Waals surface area (Å²) in [6, 6.07) is 13.8. The lowest BCUT2D eigenvalue weighted by Crippen LogP contribution is -2.48. The van der Waals surface area contributed by atoms with Crippen molar-refractivity contribution in [3.05, 3.63) is 75.9 Å². The fraction of sp³-hybridized carbons (Fsp3) is 0.467. The first-order chi connectivity index (χ1) is 18.0. The number of hydrogen-bond donors (Lipinski definition) is 0. The highest BCUT2D eigenvalue weighted by molar-refractivity contribution is 7.10. The van der Waals surface area contributed by atoms with Gasteiger partial charge in [0.2, 0.25) is 11.8 Å². The zero-order chi connectivity index (χ0) is 25.8. The van der Waals surface area contributed by atoms with Gasteiger partial charge >= 0.3 is 0 Å². The van der Waals surface area contributed by atoms with Gasteiger partial charge in [0.25, 0.3) is 0 Å². The number of hydrogen-bond acceptors (Lipinski definition) is 5. The van der Waals surface area contributed by atoms with Gasteiger partial charge in [0.1, 0.15) is 24.7 Å². The molecule has 1 aliphatic carbocycles. The van der Waals surface area contributed by atoms with E-state index in [1.807, 2.05) is 29.2 Å². The number of amides is 2. The van der Waals surface area contributed by atoms with Crippen molar-refractivity contribution in [2.45, 2.75) is 64.5 Å². The van der Waals surface area contributed by atoms with E-state index in [0.717, 1.165) is 43.4 Å². The van der Waals surface area contributed by atoms with Gasteiger partial charge in [-0.1, -0.05) is 38.8 Å². The molecular weight excluding hydrogens is 484 g/mol. The zero-order valence-corrected chi connectivity index (χ0v) is 22.5. The lowest BCUT2D eigenvalue weighted by atomic mass is 10.00. The molecule has 0 spiro atoms. The van der Waals surface area contributed by atoms with Gasteiger partial charge in [-0.3, -0.25) is 9.59 Å². The molecule has 3 aromatic rings. The van der Waals surface area contributed by atoms with Crippen LogP contribution in [0.3, 0.4) is 0 Å². The Balaban J connectivity index is 1.32. The second kappa shape index (κ2) is 11.5. The molecule has 1 saturated carbocycles. The molecular formula is C30H36N2O4S. The van der Waals surface area contributed by atoms with E-state index >= 15 is 0 Å². The van der Waals surface area contributed by atoms with Crippen LogP contribution in [-0.2, 0) is 22.6 Å². The van der Waals surface area contributed by atoms with Gasteiger partial charge in [-0.2, -0.15) is 0 Å². The van der Waals surface area contributed by atoms with Crippen molar-refractivity contribution in [1.29, 1.82) is 0 Å². The van der Waals surface area contributed by atoms with E-state index in [-0.39, 0.29) is 30.3 Å². The quantitative estimate of drug-likeness (QED) is 0.338. The molecule has 0 radical (unpaired) electrons. The standard InChI is InChI=1S/C30H36N2O4S/c1-21(2)22-9-11-24(12-10-22)36-20-27-26-14-17-37-28(26)13-15-32(27)29(33)19-31(18-25-8-5-16-35-25)30(34)23-6-3-4-7-23/h5,8-12,14,16-17,21,23,27H,3-4,6-7,13,15,18-20H2,1-2H3/t27-/m0/s1. The SMILES string of the molecule is CC(C)c1ccc(OC[C@H]2c3ccsc3CCN2C(=O)CN(Cc2ccco2)C(=O)C2CCCC2)cc1. The predicted octanol–water partition coefficient (Wildman–Crippen LogP) is 6.19. The molecule has 0 saturated heterocycles. The van der Waals surface area contributed by atoms with Crippen LogP contribution in [0, 0.1) is 5.92 Å². The molecule has 196 valence electrons. The summed E-state index contributed by atoms with van der Waals surface area (Å²) in [6.45, 7) is 5.71. The molecule has 0 unspecified atom stereocenters.